The number of carbonyl (C=O) groups excluding carboxylic acids is 1. The molecule has 3 nitrogen and oxygen atoms in total. The third-order valence-corrected chi connectivity index (χ3v) is 10.4. The van der Waals surface area contributed by atoms with Crippen LogP contribution in [0.1, 0.15) is 98.8 Å². The molecule has 0 bridgehead atoms. The molecule has 4 rings (SSSR count). The van der Waals surface area contributed by atoms with Gasteiger partial charge in [0.1, 0.15) is 0 Å². The van der Waals surface area contributed by atoms with Crippen molar-refractivity contribution in [3.8, 4) is 0 Å². The van der Waals surface area contributed by atoms with Crippen LogP contribution >= 0.6 is 0 Å². The minimum atomic E-state index is -1.01. The van der Waals surface area contributed by atoms with Crippen LogP contribution in [0.3, 0.4) is 0 Å². The summed E-state index contributed by atoms with van der Waals surface area (Å²) in [4.78, 5) is 12.0. The van der Waals surface area contributed by atoms with Gasteiger partial charge in [-0.15, -0.1) is 0 Å². The fourth-order valence-corrected chi connectivity index (χ4v) is 8.53. The Morgan fingerprint density at radius 3 is 2.50 bits per heavy atom. The first-order valence-corrected chi connectivity index (χ1v) is 12.6. The molecule has 3 heteroatoms. The maximum Gasteiger partial charge on any atom is 0.155 e. The second-order valence-electron chi connectivity index (χ2n) is 12.4. The summed E-state index contributed by atoms with van der Waals surface area (Å²) in [5, 5.41) is 22.5. The standard InChI is InChI=1S/C27H44O3/c1-17(2)6-11-24(29)27(5,30)23-10-9-21-20-8-7-18-16-19(28)12-14-25(18,3)22(20)13-15-26(21,23)4/h16-17,20-24,29-30H,6-15H2,1-5H3/t20-,21-,22-,23-,24+,25+,26-,27+/m0/s1. The van der Waals surface area contributed by atoms with Crippen LogP contribution in [0.5, 0.6) is 0 Å². The lowest BCUT2D eigenvalue weighted by atomic mass is 9.46. The lowest BCUT2D eigenvalue weighted by Crippen LogP contribution is -2.55. The minimum absolute atomic E-state index is 0.117. The molecule has 0 saturated heterocycles. The molecule has 0 unspecified atom stereocenters. The highest BCUT2D eigenvalue weighted by Crippen LogP contribution is 2.68. The Hall–Kier alpha value is -0.670. The second kappa shape index (κ2) is 7.73. The monoisotopic (exact) mass is 416 g/mol. The number of allylic oxidation sites excluding steroid dienone is 1. The summed E-state index contributed by atoms with van der Waals surface area (Å²) in [6.45, 7) is 11.1. The lowest BCUT2D eigenvalue weighted by Gasteiger charge is -2.59. The maximum atomic E-state index is 12.0. The molecule has 0 aromatic carbocycles. The van der Waals surface area contributed by atoms with E-state index in [9.17, 15) is 15.0 Å². The third kappa shape index (κ3) is 3.43. The Kier molecular flexibility index (Phi) is 5.80. The van der Waals surface area contributed by atoms with Gasteiger partial charge in [0.25, 0.3) is 0 Å². The van der Waals surface area contributed by atoms with Gasteiger partial charge in [-0.1, -0.05) is 33.3 Å². The van der Waals surface area contributed by atoms with Crippen molar-refractivity contribution in [3.63, 3.8) is 0 Å². The molecule has 0 aromatic rings. The predicted molar refractivity (Wildman–Crippen MR) is 121 cm³/mol. The van der Waals surface area contributed by atoms with E-state index in [2.05, 4.69) is 27.7 Å². The van der Waals surface area contributed by atoms with Crippen molar-refractivity contribution in [2.75, 3.05) is 0 Å². The van der Waals surface area contributed by atoms with Crippen LogP contribution < -0.4 is 0 Å². The smallest absolute Gasteiger partial charge is 0.155 e. The SMILES string of the molecule is CC(C)CC[C@@H](O)[C@](C)(O)[C@H]1CC[C@H]2[C@@H]3CCC4=CC(=O)CC[C@@]4(C)[C@H]3CC[C@]12C. The molecule has 3 saturated carbocycles. The average Bonchev–Trinajstić information content (AvgIpc) is 3.04. The van der Waals surface area contributed by atoms with E-state index in [1.54, 1.807) is 0 Å². The first kappa shape index (κ1) is 22.5. The fraction of sp³-hybridized carbons (Fsp3) is 0.889. The van der Waals surface area contributed by atoms with Crippen LogP contribution in [0.2, 0.25) is 0 Å². The van der Waals surface area contributed by atoms with Gasteiger partial charge in [-0.3, -0.25) is 4.79 Å². The van der Waals surface area contributed by atoms with Crippen LogP contribution in [-0.2, 0) is 4.79 Å². The van der Waals surface area contributed by atoms with Crippen LogP contribution in [0.4, 0.5) is 0 Å². The molecule has 4 aliphatic rings. The van der Waals surface area contributed by atoms with Gasteiger partial charge in [0, 0.05) is 6.42 Å². The molecule has 0 radical (unpaired) electrons. The van der Waals surface area contributed by atoms with E-state index < -0.39 is 11.7 Å². The minimum Gasteiger partial charge on any atom is -0.390 e. The molecule has 170 valence electrons. The highest BCUT2D eigenvalue weighted by atomic mass is 16.3. The molecule has 0 aliphatic heterocycles. The summed E-state index contributed by atoms with van der Waals surface area (Å²) < 4.78 is 0. The number of fused-ring (bicyclic) bond motifs is 5. The summed E-state index contributed by atoms with van der Waals surface area (Å²) in [6, 6.07) is 0. The average molecular weight is 417 g/mol. The van der Waals surface area contributed by atoms with Crippen molar-refractivity contribution in [3.05, 3.63) is 11.6 Å². The largest absolute Gasteiger partial charge is 0.390 e. The van der Waals surface area contributed by atoms with Gasteiger partial charge in [-0.25, -0.2) is 0 Å². The molecule has 2 N–H and O–H groups in total. The number of rotatable bonds is 5. The van der Waals surface area contributed by atoms with E-state index in [0.717, 1.165) is 32.1 Å². The Morgan fingerprint density at radius 1 is 1.07 bits per heavy atom. The number of carbonyl (C=O) groups is 1. The molecular weight excluding hydrogens is 372 g/mol. The molecule has 30 heavy (non-hydrogen) atoms. The van der Waals surface area contributed by atoms with Crippen molar-refractivity contribution in [2.45, 2.75) is 111 Å². The Bertz CT molecular complexity index is 707. The van der Waals surface area contributed by atoms with Gasteiger partial charge in [0.2, 0.25) is 0 Å². The molecule has 8 atom stereocenters. The molecule has 0 heterocycles. The zero-order chi connectivity index (χ0) is 21.9. The van der Waals surface area contributed by atoms with Crippen molar-refractivity contribution >= 4 is 5.78 Å². The van der Waals surface area contributed by atoms with Crippen LogP contribution in [0.15, 0.2) is 11.6 Å². The van der Waals surface area contributed by atoms with Gasteiger partial charge in [-0.2, -0.15) is 0 Å². The van der Waals surface area contributed by atoms with E-state index in [0.29, 0.717) is 42.3 Å². The first-order chi connectivity index (χ1) is 14.0. The summed E-state index contributed by atoms with van der Waals surface area (Å²) in [5.74, 6) is 3.07. The molecule has 0 amide bonds. The third-order valence-electron chi connectivity index (χ3n) is 10.4. The van der Waals surface area contributed by atoms with E-state index in [4.69, 9.17) is 0 Å². The number of hydrogen-bond acceptors (Lipinski definition) is 3. The Morgan fingerprint density at radius 2 is 1.80 bits per heavy atom. The van der Waals surface area contributed by atoms with E-state index >= 15 is 0 Å². The van der Waals surface area contributed by atoms with Crippen LogP contribution in [0, 0.1) is 40.4 Å². The summed E-state index contributed by atoms with van der Waals surface area (Å²) in [5.41, 5.74) is 0.738. The van der Waals surface area contributed by atoms with Crippen LogP contribution in [0.25, 0.3) is 0 Å². The summed E-state index contributed by atoms with van der Waals surface area (Å²) >= 11 is 0. The maximum absolute atomic E-state index is 12.0. The predicted octanol–water partition coefficient (Wildman–Crippen LogP) is 5.68. The number of ketones is 1. The molecule has 0 spiro atoms. The molecule has 0 aromatic heterocycles. The van der Waals surface area contributed by atoms with Gasteiger partial charge < -0.3 is 10.2 Å². The molecular formula is C27H44O3. The Balaban J connectivity index is 1.56. The molecule has 4 aliphatic carbocycles. The molecule has 3 fully saturated rings. The van der Waals surface area contributed by atoms with E-state index in [-0.39, 0.29) is 16.7 Å². The van der Waals surface area contributed by atoms with Crippen molar-refractivity contribution in [2.24, 2.45) is 40.4 Å². The number of hydrogen-bond donors (Lipinski definition) is 2. The first-order valence-electron chi connectivity index (χ1n) is 12.6. The lowest BCUT2D eigenvalue weighted by molar-refractivity contribution is -0.152. The van der Waals surface area contributed by atoms with Gasteiger partial charge >= 0.3 is 0 Å². The highest BCUT2D eigenvalue weighted by Gasteiger charge is 2.62. The highest BCUT2D eigenvalue weighted by molar-refractivity contribution is 5.91. The summed E-state index contributed by atoms with van der Waals surface area (Å²) in [6.07, 6.45) is 11.6. The quantitative estimate of drug-likeness (QED) is 0.606. The number of aliphatic hydroxyl groups excluding tert-OH is 1. The van der Waals surface area contributed by atoms with Crippen molar-refractivity contribution in [1.82, 2.24) is 0 Å². The number of aliphatic hydroxyl groups is 2. The van der Waals surface area contributed by atoms with E-state index in [1.807, 2.05) is 13.0 Å². The van der Waals surface area contributed by atoms with Gasteiger partial charge in [0.15, 0.2) is 5.78 Å². The zero-order valence-electron chi connectivity index (χ0n) is 19.9. The van der Waals surface area contributed by atoms with Gasteiger partial charge in [-0.05, 0) is 111 Å². The van der Waals surface area contributed by atoms with Crippen molar-refractivity contribution in [1.29, 1.82) is 0 Å². The topological polar surface area (TPSA) is 57.5 Å². The van der Waals surface area contributed by atoms with Gasteiger partial charge in [0.05, 0.1) is 11.7 Å². The normalized spacial score (nSPS) is 44.0. The zero-order valence-corrected chi connectivity index (χ0v) is 19.9. The second-order valence-corrected chi connectivity index (χ2v) is 12.4. The fourth-order valence-electron chi connectivity index (χ4n) is 8.53. The summed E-state index contributed by atoms with van der Waals surface area (Å²) in [7, 11) is 0. The van der Waals surface area contributed by atoms with Crippen molar-refractivity contribution < 1.29 is 15.0 Å². The Labute approximate surface area is 183 Å². The van der Waals surface area contributed by atoms with E-state index in [1.165, 1.54) is 24.8 Å². The van der Waals surface area contributed by atoms with Crippen LogP contribution in [-0.4, -0.2) is 27.7 Å².